The van der Waals surface area contributed by atoms with E-state index < -0.39 is 5.97 Å². The number of hydrogen-bond donors (Lipinski definition) is 1. The Morgan fingerprint density at radius 1 is 1.73 bits per heavy atom. The second-order valence-corrected chi connectivity index (χ2v) is 3.74. The molecule has 1 aromatic heterocycles. The zero-order chi connectivity index (χ0) is 11.0. The summed E-state index contributed by atoms with van der Waals surface area (Å²) in [6.07, 6.45) is 1.28. The molecule has 7 heteroatoms. The van der Waals surface area contributed by atoms with E-state index in [2.05, 4.69) is 4.98 Å². The first-order valence-electron chi connectivity index (χ1n) is 4.21. The summed E-state index contributed by atoms with van der Waals surface area (Å²) in [5.41, 5.74) is 0. The summed E-state index contributed by atoms with van der Waals surface area (Å²) in [7, 11) is 0. The number of rotatable bonds is 2. The normalized spacial score (nSPS) is 21.0. The molecule has 1 atom stereocenters. The molecule has 0 aromatic carbocycles. The number of carbonyl (C=O) groups excluding carboxylic acids is 1. The Kier molecular flexibility index (Phi) is 2.36. The maximum Gasteiger partial charge on any atom is 0.373 e. The molecule has 0 aliphatic carbocycles. The first-order chi connectivity index (χ1) is 7.08. The topological polar surface area (TPSA) is 83.6 Å². The third-order valence-corrected chi connectivity index (χ3v) is 2.31. The molecule has 15 heavy (non-hydrogen) atoms. The highest BCUT2D eigenvalue weighted by Gasteiger charge is 2.32. The summed E-state index contributed by atoms with van der Waals surface area (Å²) in [5.74, 6) is -1.73. The van der Waals surface area contributed by atoms with Crippen molar-refractivity contribution in [1.82, 2.24) is 4.98 Å². The summed E-state index contributed by atoms with van der Waals surface area (Å²) >= 11 is 5.77. The first-order valence-corrected chi connectivity index (χ1v) is 4.65. The highest BCUT2D eigenvalue weighted by atomic mass is 35.5. The predicted octanol–water partition coefficient (Wildman–Crippen LogP) is 0.717. The molecule has 1 unspecified atom stereocenters. The van der Waals surface area contributed by atoms with Gasteiger partial charge in [0.05, 0.1) is 11.6 Å². The van der Waals surface area contributed by atoms with Crippen molar-refractivity contribution in [3.63, 3.8) is 0 Å². The number of carboxylic acid groups (broad SMARTS) is 1. The third kappa shape index (κ3) is 1.80. The van der Waals surface area contributed by atoms with Crippen molar-refractivity contribution >= 4 is 29.5 Å². The highest BCUT2D eigenvalue weighted by molar-refractivity contribution is 6.24. The van der Waals surface area contributed by atoms with E-state index in [1.54, 1.807) is 0 Å². The molecule has 1 fully saturated rings. The largest absolute Gasteiger partial charge is 0.475 e. The Labute approximate surface area is 89.4 Å². The average molecular weight is 231 g/mol. The van der Waals surface area contributed by atoms with Gasteiger partial charge < -0.3 is 9.52 Å². The van der Waals surface area contributed by atoms with Crippen molar-refractivity contribution in [3.05, 3.63) is 12.0 Å². The molecule has 2 rings (SSSR count). The number of oxazole rings is 1. The van der Waals surface area contributed by atoms with Gasteiger partial charge in [-0.05, 0) is 0 Å². The first kappa shape index (κ1) is 9.97. The molecule has 1 N–H and O–H groups in total. The van der Waals surface area contributed by atoms with Gasteiger partial charge in [-0.15, -0.1) is 11.6 Å². The predicted molar refractivity (Wildman–Crippen MR) is 50.1 cm³/mol. The average Bonchev–Trinajstić information content (AvgIpc) is 2.71. The summed E-state index contributed by atoms with van der Waals surface area (Å²) < 4.78 is 4.88. The zero-order valence-corrected chi connectivity index (χ0v) is 8.27. The maximum absolute atomic E-state index is 11.4. The molecule has 1 saturated heterocycles. The number of carbonyl (C=O) groups is 2. The van der Waals surface area contributed by atoms with E-state index in [-0.39, 0.29) is 29.5 Å². The van der Waals surface area contributed by atoms with Crippen LogP contribution in [-0.2, 0) is 4.79 Å². The van der Waals surface area contributed by atoms with Gasteiger partial charge in [-0.1, -0.05) is 0 Å². The summed E-state index contributed by atoms with van der Waals surface area (Å²) in [6, 6.07) is -0.0134. The van der Waals surface area contributed by atoms with Gasteiger partial charge in [0.1, 0.15) is 0 Å². The molecule has 0 bridgehead atoms. The fourth-order valence-electron chi connectivity index (χ4n) is 1.34. The minimum absolute atomic E-state index is 0.0134. The smallest absolute Gasteiger partial charge is 0.373 e. The Morgan fingerprint density at radius 3 is 2.93 bits per heavy atom. The lowest BCUT2D eigenvalue weighted by molar-refractivity contribution is -0.117. The van der Waals surface area contributed by atoms with Crippen LogP contribution in [0.4, 0.5) is 6.01 Å². The van der Waals surface area contributed by atoms with Gasteiger partial charge in [0, 0.05) is 13.0 Å². The number of halogens is 1. The monoisotopic (exact) mass is 230 g/mol. The van der Waals surface area contributed by atoms with Crippen molar-refractivity contribution in [2.45, 2.75) is 11.8 Å². The van der Waals surface area contributed by atoms with Gasteiger partial charge in [0.15, 0.2) is 0 Å². The molecule has 1 aliphatic heterocycles. The van der Waals surface area contributed by atoms with Crippen LogP contribution in [0.15, 0.2) is 10.6 Å². The molecule has 1 aliphatic rings. The fraction of sp³-hybridized carbons (Fsp3) is 0.375. The molecule has 80 valence electrons. The standard InChI is InChI=1S/C8H7ClN2O4/c9-4-1-6(12)11(3-4)8-10-2-5(15-8)7(13)14/h2,4H,1,3H2,(H,13,14). The molecule has 6 nitrogen and oxygen atoms in total. The van der Waals surface area contributed by atoms with Crippen LogP contribution < -0.4 is 4.90 Å². The molecule has 2 heterocycles. The minimum atomic E-state index is -1.22. The van der Waals surface area contributed by atoms with Crippen LogP contribution in [0.5, 0.6) is 0 Å². The third-order valence-electron chi connectivity index (χ3n) is 2.01. The lowest BCUT2D eigenvalue weighted by Crippen LogP contribution is -2.24. The number of carboxylic acids is 1. The minimum Gasteiger partial charge on any atom is -0.475 e. The van der Waals surface area contributed by atoms with Crippen LogP contribution in [0.25, 0.3) is 0 Å². The van der Waals surface area contributed by atoms with Gasteiger partial charge in [0.2, 0.25) is 11.7 Å². The Morgan fingerprint density at radius 2 is 2.47 bits per heavy atom. The molecule has 1 aromatic rings. The van der Waals surface area contributed by atoms with Gasteiger partial charge in [-0.25, -0.2) is 9.78 Å². The summed E-state index contributed by atoms with van der Waals surface area (Å²) in [6.45, 7) is 0.292. The van der Waals surface area contributed by atoms with E-state index in [0.29, 0.717) is 6.54 Å². The van der Waals surface area contributed by atoms with Crippen LogP contribution >= 0.6 is 11.6 Å². The quantitative estimate of drug-likeness (QED) is 0.757. The molecule has 0 saturated carbocycles. The number of nitrogens with zero attached hydrogens (tertiary/aromatic N) is 2. The van der Waals surface area contributed by atoms with Crippen molar-refractivity contribution in [3.8, 4) is 0 Å². The number of hydrogen-bond acceptors (Lipinski definition) is 4. The van der Waals surface area contributed by atoms with Gasteiger partial charge >= 0.3 is 12.0 Å². The molecule has 0 spiro atoms. The van der Waals surface area contributed by atoms with Gasteiger partial charge in [-0.3, -0.25) is 9.69 Å². The second-order valence-electron chi connectivity index (χ2n) is 3.12. The van der Waals surface area contributed by atoms with Crippen LogP contribution in [0.2, 0.25) is 0 Å². The maximum atomic E-state index is 11.4. The van der Waals surface area contributed by atoms with Crippen molar-refractivity contribution in [2.24, 2.45) is 0 Å². The molecule has 0 radical (unpaired) electrons. The fourth-order valence-corrected chi connectivity index (χ4v) is 1.61. The van der Waals surface area contributed by atoms with Crippen LogP contribution in [-0.4, -0.2) is 33.9 Å². The van der Waals surface area contributed by atoms with Gasteiger partial charge in [-0.2, -0.15) is 0 Å². The van der Waals surface area contributed by atoms with Crippen molar-refractivity contribution in [1.29, 1.82) is 0 Å². The molecular formula is C8H7ClN2O4. The number of amides is 1. The lowest BCUT2D eigenvalue weighted by Gasteiger charge is -2.08. The zero-order valence-electron chi connectivity index (χ0n) is 7.51. The number of aromatic nitrogens is 1. The van der Waals surface area contributed by atoms with E-state index in [0.717, 1.165) is 6.20 Å². The van der Waals surface area contributed by atoms with Crippen molar-refractivity contribution in [2.75, 3.05) is 11.4 Å². The van der Waals surface area contributed by atoms with E-state index in [1.807, 2.05) is 0 Å². The number of aromatic carboxylic acids is 1. The van der Waals surface area contributed by atoms with Crippen LogP contribution in [0.1, 0.15) is 17.0 Å². The highest BCUT2D eigenvalue weighted by Crippen LogP contribution is 2.23. The second kappa shape index (κ2) is 3.54. The Hall–Kier alpha value is -1.56. The Balaban J connectivity index is 2.23. The number of anilines is 1. The van der Waals surface area contributed by atoms with Crippen LogP contribution in [0, 0.1) is 0 Å². The van der Waals surface area contributed by atoms with Gasteiger partial charge in [0.25, 0.3) is 0 Å². The Bertz CT molecular complexity index is 417. The van der Waals surface area contributed by atoms with E-state index in [4.69, 9.17) is 21.1 Å². The molecular weight excluding hydrogens is 224 g/mol. The lowest BCUT2D eigenvalue weighted by atomic mass is 10.4. The van der Waals surface area contributed by atoms with E-state index >= 15 is 0 Å². The van der Waals surface area contributed by atoms with E-state index in [1.165, 1.54) is 4.90 Å². The number of alkyl halides is 1. The summed E-state index contributed by atoms with van der Waals surface area (Å²) in [5, 5.41) is 8.32. The molecule has 1 amide bonds. The van der Waals surface area contributed by atoms with Crippen molar-refractivity contribution < 1.29 is 19.1 Å². The van der Waals surface area contributed by atoms with E-state index in [9.17, 15) is 9.59 Å². The SMILES string of the molecule is O=C(O)c1cnc(N2CC(Cl)CC2=O)o1. The summed E-state index contributed by atoms with van der Waals surface area (Å²) in [4.78, 5) is 26.8. The van der Waals surface area contributed by atoms with Crippen LogP contribution in [0.3, 0.4) is 0 Å².